The van der Waals surface area contributed by atoms with E-state index < -0.39 is 0 Å². The molecule has 2 heterocycles. The van der Waals surface area contributed by atoms with E-state index in [1.165, 1.54) is 5.56 Å². The van der Waals surface area contributed by atoms with Crippen LogP contribution in [-0.2, 0) is 6.42 Å². The van der Waals surface area contributed by atoms with Gasteiger partial charge in [-0.1, -0.05) is 11.6 Å². The smallest absolute Gasteiger partial charge is 0.285 e. The van der Waals surface area contributed by atoms with Gasteiger partial charge < -0.3 is 4.90 Å². The Balaban J connectivity index is 2.06. The fourth-order valence-electron chi connectivity index (χ4n) is 1.61. The van der Waals surface area contributed by atoms with Gasteiger partial charge in [0.2, 0.25) is 0 Å². The standard InChI is InChI=1S/C12H13ClN4O/c1-17(7-4-9-2-5-14-6-3-9)10-8-15-16-12(18)11(10)13/h2-3,5-6,8H,4,7H2,1H3,(H,16,18). The molecule has 0 saturated heterocycles. The molecule has 5 nitrogen and oxygen atoms in total. The number of rotatable bonds is 4. The van der Waals surface area contributed by atoms with E-state index in [9.17, 15) is 4.79 Å². The van der Waals surface area contributed by atoms with Gasteiger partial charge in [-0.25, -0.2) is 5.10 Å². The van der Waals surface area contributed by atoms with Crippen LogP contribution in [0.2, 0.25) is 5.02 Å². The number of halogens is 1. The number of nitrogens with zero attached hydrogens (tertiary/aromatic N) is 3. The lowest BCUT2D eigenvalue weighted by atomic mass is 10.2. The largest absolute Gasteiger partial charge is 0.372 e. The Morgan fingerprint density at radius 1 is 1.39 bits per heavy atom. The Labute approximate surface area is 109 Å². The van der Waals surface area contributed by atoms with Crippen LogP contribution >= 0.6 is 11.6 Å². The highest BCUT2D eigenvalue weighted by atomic mass is 35.5. The van der Waals surface area contributed by atoms with Gasteiger partial charge in [-0.05, 0) is 24.1 Å². The maximum absolute atomic E-state index is 11.3. The summed E-state index contributed by atoms with van der Waals surface area (Å²) in [5, 5.41) is 6.21. The van der Waals surface area contributed by atoms with Crippen molar-refractivity contribution < 1.29 is 0 Å². The van der Waals surface area contributed by atoms with E-state index in [0.717, 1.165) is 13.0 Å². The monoisotopic (exact) mass is 264 g/mol. The molecule has 0 amide bonds. The van der Waals surface area contributed by atoms with E-state index in [1.54, 1.807) is 18.6 Å². The van der Waals surface area contributed by atoms with Crippen LogP contribution in [-0.4, -0.2) is 28.8 Å². The van der Waals surface area contributed by atoms with Crippen molar-refractivity contribution in [2.24, 2.45) is 0 Å². The summed E-state index contributed by atoms with van der Waals surface area (Å²) in [5.41, 5.74) is 1.45. The maximum Gasteiger partial charge on any atom is 0.285 e. The molecule has 0 radical (unpaired) electrons. The number of likely N-dealkylation sites (N-methyl/N-ethyl adjacent to an activating group) is 1. The highest BCUT2D eigenvalue weighted by molar-refractivity contribution is 6.32. The molecule has 0 saturated carbocycles. The van der Waals surface area contributed by atoms with Crippen molar-refractivity contribution >= 4 is 17.3 Å². The molecule has 2 aromatic heterocycles. The van der Waals surface area contributed by atoms with Crippen molar-refractivity contribution in [2.45, 2.75) is 6.42 Å². The Morgan fingerprint density at radius 3 is 2.83 bits per heavy atom. The number of anilines is 1. The fraction of sp³-hybridized carbons (Fsp3) is 0.250. The average Bonchev–Trinajstić information content (AvgIpc) is 2.40. The molecule has 0 aliphatic carbocycles. The van der Waals surface area contributed by atoms with Crippen molar-refractivity contribution in [3.63, 3.8) is 0 Å². The maximum atomic E-state index is 11.3. The van der Waals surface area contributed by atoms with Crippen molar-refractivity contribution in [1.82, 2.24) is 15.2 Å². The summed E-state index contributed by atoms with van der Waals surface area (Å²) in [5.74, 6) is 0. The second-order valence-corrected chi connectivity index (χ2v) is 4.30. The molecule has 0 aliphatic rings. The molecular weight excluding hydrogens is 252 g/mol. The molecule has 1 N–H and O–H groups in total. The van der Waals surface area contributed by atoms with Crippen LogP contribution in [0.4, 0.5) is 5.69 Å². The van der Waals surface area contributed by atoms with Crippen LogP contribution in [0.1, 0.15) is 5.56 Å². The van der Waals surface area contributed by atoms with Crippen LogP contribution in [0, 0.1) is 0 Å². The third kappa shape index (κ3) is 2.87. The normalized spacial score (nSPS) is 10.3. The number of hydrogen-bond donors (Lipinski definition) is 1. The van der Waals surface area contributed by atoms with Crippen molar-refractivity contribution in [3.05, 3.63) is 51.7 Å². The second kappa shape index (κ2) is 5.64. The zero-order valence-electron chi connectivity index (χ0n) is 9.93. The van der Waals surface area contributed by atoms with Gasteiger partial charge >= 0.3 is 0 Å². The zero-order valence-corrected chi connectivity index (χ0v) is 10.7. The summed E-state index contributed by atoms with van der Waals surface area (Å²) in [4.78, 5) is 17.2. The minimum atomic E-state index is -0.370. The lowest BCUT2D eigenvalue weighted by Crippen LogP contribution is -2.23. The summed E-state index contributed by atoms with van der Waals surface area (Å²) in [6, 6.07) is 3.93. The number of aromatic nitrogens is 3. The summed E-state index contributed by atoms with van der Waals surface area (Å²) in [6.45, 7) is 0.745. The van der Waals surface area contributed by atoms with Crippen molar-refractivity contribution in [3.8, 4) is 0 Å². The van der Waals surface area contributed by atoms with E-state index in [4.69, 9.17) is 11.6 Å². The first-order valence-electron chi connectivity index (χ1n) is 5.51. The molecule has 0 aromatic carbocycles. The van der Waals surface area contributed by atoms with Gasteiger partial charge in [-0.2, -0.15) is 5.10 Å². The van der Waals surface area contributed by atoms with Crippen LogP contribution < -0.4 is 10.5 Å². The third-order valence-corrected chi connectivity index (χ3v) is 3.04. The average molecular weight is 265 g/mol. The highest BCUT2D eigenvalue weighted by Gasteiger charge is 2.09. The molecule has 94 valence electrons. The molecule has 0 unspecified atom stereocenters. The number of nitrogens with one attached hydrogen (secondary N) is 1. The minimum absolute atomic E-state index is 0.169. The summed E-state index contributed by atoms with van der Waals surface area (Å²) < 4.78 is 0. The SMILES string of the molecule is CN(CCc1ccncc1)c1cn[nH]c(=O)c1Cl. The Bertz CT molecular complexity index is 570. The van der Waals surface area contributed by atoms with Gasteiger partial charge in [0.1, 0.15) is 5.02 Å². The molecule has 18 heavy (non-hydrogen) atoms. The molecular formula is C12H13ClN4O. The lowest BCUT2D eigenvalue weighted by Gasteiger charge is -2.19. The molecule has 0 spiro atoms. The Morgan fingerprint density at radius 2 is 2.11 bits per heavy atom. The topological polar surface area (TPSA) is 61.9 Å². The zero-order chi connectivity index (χ0) is 13.0. The van der Waals surface area contributed by atoms with Crippen LogP contribution in [0.3, 0.4) is 0 Å². The van der Waals surface area contributed by atoms with Gasteiger partial charge in [0.25, 0.3) is 5.56 Å². The summed E-state index contributed by atoms with van der Waals surface area (Å²) in [6.07, 6.45) is 5.92. The second-order valence-electron chi connectivity index (χ2n) is 3.93. The van der Waals surface area contributed by atoms with E-state index in [1.807, 2.05) is 24.1 Å². The highest BCUT2D eigenvalue weighted by Crippen LogP contribution is 2.18. The first-order valence-corrected chi connectivity index (χ1v) is 5.89. The fourth-order valence-corrected chi connectivity index (χ4v) is 1.84. The van der Waals surface area contributed by atoms with Crippen molar-refractivity contribution in [2.75, 3.05) is 18.5 Å². The van der Waals surface area contributed by atoms with Crippen LogP contribution in [0.25, 0.3) is 0 Å². The first-order chi connectivity index (χ1) is 8.68. The van der Waals surface area contributed by atoms with E-state index >= 15 is 0 Å². The van der Waals surface area contributed by atoms with Crippen LogP contribution in [0.15, 0.2) is 35.5 Å². The molecule has 2 rings (SSSR count). The Kier molecular flexibility index (Phi) is 3.94. The van der Waals surface area contributed by atoms with Crippen molar-refractivity contribution in [1.29, 1.82) is 0 Å². The van der Waals surface area contributed by atoms with E-state index in [2.05, 4.69) is 15.2 Å². The number of H-pyrrole nitrogens is 1. The number of hydrogen-bond acceptors (Lipinski definition) is 4. The lowest BCUT2D eigenvalue weighted by molar-refractivity contribution is 0.860. The summed E-state index contributed by atoms with van der Waals surface area (Å²) in [7, 11) is 1.88. The first kappa shape index (κ1) is 12.6. The molecule has 0 fully saturated rings. The molecule has 0 atom stereocenters. The van der Waals surface area contributed by atoms with Gasteiger partial charge in [-0.15, -0.1) is 0 Å². The van der Waals surface area contributed by atoms with Gasteiger partial charge in [0.05, 0.1) is 11.9 Å². The van der Waals surface area contributed by atoms with Gasteiger partial charge in [0.15, 0.2) is 0 Å². The summed E-state index contributed by atoms with van der Waals surface area (Å²) >= 11 is 5.93. The molecule has 6 heteroatoms. The molecule has 2 aromatic rings. The molecule has 0 aliphatic heterocycles. The predicted molar refractivity (Wildman–Crippen MR) is 71.1 cm³/mol. The van der Waals surface area contributed by atoms with E-state index in [-0.39, 0.29) is 10.6 Å². The van der Waals surface area contributed by atoms with Gasteiger partial charge in [-0.3, -0.25) is 9.78 Å². The van der Waals surface area contributed by atoms with Gasteiger partial charge in [0, 0.05) is 26.0 Å². The quantitative estimate of drug-likeness (QED) is 0.909. The number of pyridine rings is 1. The molecule has 0 bridgehead atoms. The third-order valence-electron chi connectivity index (χ3n) is 2.67. The van der Waals surface area contributed by atoms with Crippen LogP contribution in [0.5, 0.6) is 0 Å². The van der Waals surface area contributed by atoms with E-state index in [0.29, 0.717) is 5.69 Å². The predicted octanol–water partition coefficient (Wildman–Crippen LogP) is 1.50. The number of aromatic amines is 1. The Hall–Kier alpha value is -1.88. The minimum Gasteiger partial charge on any atom is -0.372 e.